The highest BCUT2D eigenvalue weighted by atomic mass is 16.5. The van der Waals surface area contributed by atoms with Gasteiger partial charge in [0, 0.05) is 12.6 Å². The second kappa shape index (κ2) is 6.91. The summed E-state index contributed by atoms with van der Waals surface area (Å²) in [6.45, 7) is 7.98. The Morgan fingerprint density at radius 3 is 2.75 bits per heavy atom. The van der Waals surface area contributed by atoms with Crippen molar-refractivity contribution in [1.29, 1.82) is 0 Å². The van der Waals surface area contributed by atoms with Crippen molar-refractivity contribution in [2.75, 3.05) is 19.8 Å². The number of hydrogen-bond donors (Lipinski definition) is 2. The van der Waals surface area contributed by atoms with Crippen LogP contribution >= 0.6 is 0 Å². The third-order valence-corrected chi connectivity index (χ3v) is 1.16. The lowest BCUT2D eigenvalue weighted by atomic mass is 10.4. The van der Waals surface area contributed by atoms with Gasteiger partial charge in [-0.1, -0.05) is 0 Å². The summed E-state index contributed by atoms with van der Waals surface area (Å²) >= 11 is 0. The molecule has 0 saturated heterocycles. The van der Waals surface area contributed by atoms with Crippen LogP contribution in [0.15, 0.2) is 4.99 Å². The van der Waals surface area contributed by atoms with E-state index in [0.717, 1.165) is 6.61 Å². The van der Waals surface area contributed by atoms with Crippen LogP contribution in [-0.4, -0.2) is 31.8 Å². The molecule has 0 fully saturated rings. The topological polar surface area (TPSA) is 59.6 Å². The predicted molar refractivity (Wildman–Crippen MR) is 51.3 cm³/mol. The van der Waals surface area contributed by atoms with Crippen molar-refractivity contribution in [2.45, 2.75) is 26.8 Å². The average molecular weight is 173 g/mol. The number of nitrogens with zero attached hydrogens (tertiary/aromatic N) is 1. The first-order valence-electron chi connectivity index (χ1n) is 4.31. The van der Waals surface area contributed by atoms with Gasteiger partial charge in [-0.05, 0) is 20.8 Å². The minimum atomic E-state index is 0.334. The molecule has 0 radical (unpaired) electrons. The average Bonchev–Trinajstić information content (AvgIpc) is 1.97. The molecule has 0 aliphatic rings. The maximum atomic E-state index is 5.54. The lowest BCUT2D eigenvalue weighted by molar-refractivity contribution is 0.155. The van der Waals surface area contributed by atoms with Crippen LogP contribution in [0.5, 0.6) is 0 Å². The third kappa shape index (κ3) is 7.34. The molecular formula is C8H19N3O. The van der Waals surface area contributed by atoms with E-state index >= 15 is 0 Å². The summed E-state index contributed by atoms with van der Waals surface area (Å²) in [4.78, 5) is 4.06. The summed E-state index contributed by atoms with van der Waals surface area (Å²) in [5, 5.41) is 2.99. The van der Waals surface area contributed by atoms with Gasteiger partial charge < -0.3 is 15.8 Å². The number of nitrogens with two attached hydrogens (primary N) is 1. The number of ether oxygens (including phenoxy) is 1. The Kier molecular flexibility index (Phi) is 6.47. The fraction of sp³-hybridized carbons (Fsp3) is 0.875. The van der Waals surface area contributed by atoms with Crippen molar-refractivity contribution in [3.8, 4) is 0 Å². The van der Waals surface area contributed by atoms with E-state index in [2.05, 4.69) is 10.3 Å². The fourth-order valence-electron chi connectivity index (χ4n) is 0.716. The molecule has 4 nitrogen and oxygen atoms in total. The van der Waals surface area contributed by atoms with E-state index in [4.69, 9.17) is 10.5 Å². The molecule has 12 heavy (non-hydrogen) atoms. The maximum Gasteiger partial charge on any atom is 0.188 e. The lowest BCUT2D eigenvalue weighted by Crippen LogP contribution is -2.37. The van der Waals surface area contributed by atoms with Crippen LogP contribution in [0.2, 0.25) is 0 Å². The summed E-state index contributed by atoms with van der Waals surface area (Å²) in [5.41, 5.74) is 5.54. The van der Waals surface area contributed by atoms with E-state index in [1.807, 2.05) is 20.8 Å². The van der Waals surface area contributed by atoms with Gasteiger partial charge >= 0.3 is 0 Å². The van der Waals surface area contributed by atoms with Gasteiger partial charge in [-0.3, -0.25) is 4.99 Å². The number of nitrogens with one attached hydrogen (secondary N) is 1. The normalized spacial score (nSPS) is 12.2. The smallest absolute Gasteiger partial charge is 0.188 e. The van der Waals surface area contributed by atoms with Gasteiger partial charge in [-0.2, -0.15) is 0 Å². The summed E-state index contributed by atoms with van der Waals surface area (Å²) in [5.74, 6) is 0.490. The summed E-state index contributed by atoms with van der Waals surface area (Å²) in [6.07, 6.45) is 0. The lowest BCUT2D eigenvalue weighted by Gasteiger charge is -2.08. The Bertz CT molecular complexity index is 134. The van der Waals surface area contributed by atoms with Crippen LogP contribution in [0.25, 0.3) is 0 Å². The minimum absolute atomic E-state index is 0.334. The number of guanidine groups is 1. The Morgan fingerprint density at radius 2 is 2.25 bits per heavy atom. The van der Waals surface area contributed by atoms with Crippen molar-refractivity contribution in [3.63, 3.8) is 0 Å². The molecule has 0 bridgehead atoms. The van der Waals surface area contributed by atoms with E-state index < -0.39 is 0 Å². The zero-order valence-electron chi connectivity index (χ0n) is 8.13. The zero-order chi connectivity index (χ0) is 9.40. The van der Waals surface area contributed by atoms with Gasteiger partial charge in [-0.25, -0.2) is 0 Å². The molecule has 0 aliphatic carbocycles. The molecular weight excluding hydrogens is 154 g/mol. The summed E-state index contributed by atoms with van der Waals surface area (Å²) < 4.78 is 5.10. The highest BCUT2D eigenvalue weighted by Gasteiger charge is 1.93. The van der Waals surface area contributed by atoms with Crippen LogP contribution < -0.4 is 11.1 Å². The fourth-order valence-corrected chi connectivity index (χ4v) is 0.716. The highest BCUT2D eigenvalue weighted by molar-refractivity contribution is 5.77. The molecule has 0 unspecified atom stereocenters. The quantitative estimate of drug-likeness (QED) is 0.358. The van der Waals surface area contributed by atoms with E-state index in [9.17, 15) is 0 Å². The van der Waals surface area contributed by atoms with Crippen LogP contribution in [0.1, 0.15) is 20.8 Å². The standard InChI is InChI=1S/C8H19N3O/c1-4-12-6-5-10-8(9)11-7(2)3/h7H,4-6H2,1-3H3,(H3,9,10,11). The second-order valence-corrected chi connectivity index (χ2v) is 2.76. The van der Waals surface area contributed by atoms with Gasteiger partial charge in [0.25, 0.3) is 0 Å². The SMILES string of the molecule is CCOCCN=C(N)NC(C)C. The van der Waals surface area contributed by atoms with Crippen LogP contribution in [-0.2, 0) is 4.74 Å². The molecule has 0 aromatic heterocycles. The monoisotopic (exact) mass is 173 g/mol. The molecule has 0 heterocycles. The Hall–Kier alpha value is -0.770. The van der Waals surface area contributed by atoms with Crippen molar-refractivity contribution in [1.82, 2.24) is 5.32 Å². The van der Waals surface area contributed by atoms with Crippen LogP contribution in [0.3, 0.4) is 0 Å². The van der Waals surface area contributed by atoms with Gasteiger partial charge in [-0.15, -0.1) is 0 Å². The summed E-state index contributed by atoms with van der Waals surface area (Å²) in [7, 11) is 0. The molecule has 3 N–H and O–H groups in total. The van der Waals surface area contributed by atoms with E-state index in [-0.39, 0.29) is 0 Å². The second-order valence-electron chi connectivity index (χ2n) is 2.76. The third-order valence-electron chi connectivity index (χ3n) is 1.16. The minimum Gasteiger partial charge on any atom is -0.380 e. The van der Waals surface area contributed by atoms with Crippen molar-refractivity contribution in [3.05, 3.63) is 0 Å². The van der Waals surface area contributed by atoms with E-state index in [0.29, 0.717) is 25.2 Å². The molecule has 0 rings (SSSR count). The first-order valence-corrected chi connectivity index (χ1v) is 4.31. The number of hydrogen-bond acceptors (Lipinski definition) is 2. The molecule has 0 spiro atoms. The molecule has 0 aliphatic heterocycles. The van der Waals surface area contributed by atoms with E-state index in [1.54, 1.807) is 0 Å². The van der Waals surface area contributed by atoms with Crippen LogP contribution in [0.4, 0.5) is 0 Å². The largest absolute Gasteiger partial charge is 0.380 e. The first kappa shape index (κ1) is 11.2. The Balaban J connectivity index is 3.41. The highest BCUT2D eigenvalue weighted by Crippen LogP contribution is 1.78. The molecule has 72 valence electrons. The molecule has 0 saturated carbocycles. The Labute approximate surface area is 74.2 Å². The molecule has 0 amide bonds. The molecule has 0 aromatic carbocycles. The predicted octanol–water partition coefficient (Wildman–Crippen LogP) is 0.336. The van der Waals surface area contributed by atoms with Crippen molar-refractivity contribution < 1.29 is 4.74 Å². The molecule has 4 heteroatoms. The molecule has 0 atom stereocenters. The van der Waals surface area contributed by atoms with Crippen molar-refractivity contribution in [2.24, 2.45) is 10.7 Å². The van der Waals surface area contributed by atoms with Gasteiger partial charge in [0.05, 0.1) is 13.2 Å². The van der Waals surface area contributed by atoms with Crippen LogP contribution in [0, 0.1) is 0 Å². The van der Waals surface area contributed by atoms with Gasteiger partial charge in [0.1, 0.15) is 0 Å². The number of rotatable bonds is 5. The maximum absolute atomic E-state index is 5.54. The summed E-state index contributed by atoms with van der Waals surface area (Å²) in [6, 6.07) is 0.334. The number of aliphatic imine (C=N–C) groups is 1. The first-order chi connectivity index (χ1) is 5.66. The van der Waals surface area contributed by atoms with E-state index in [1.165, 1.54) is 0 Å². The molecule has 0 aromatic rings. The zero-order valence-corrected chi connectivity index (χ0v) is 8.13. The van der Waals surface area contributed by atoms with Gasteiger partial charge in [0.2, 0.25) is 0 Å². The Morgan fingerprint density at radius 1 is 1.58 bits per heavy atom. The van der Waals surface area contributed by atoms with Crippen molar-refractivity contribution >= 4 is 5.96 Å². The van der Waals surface area contributed by atoms with Gasteiger partial charge in [0.15, 0.2) is 5.96 Å².